The van der Waals surface area contributed by atoms with Crippen molar-refractivity contribution in [2.24, 2.45) is 0 Å². The maximum atomic E-state index is 0. The summed E-state index contributed by atoms with van der Waals surface area (Å²) in [6.45, 7) is 0. The Balaban J connectivity index is 0. The Morgan fingerprint density at radius 1 is 0.0385 bits per heavy atom. The molecule has 50 nitrogen and oxygen atoms in total. The Bertz CT molecular complexity index is 12.2. The van der Waals surface area contributed by atoms with Gasteiger partial charge >= 0.3 is 0 Å². The molecule has 0 aromatic heterocycles. The summed E-state index contributed by atoms with van der Waals surface area (Å²) < 4.78 is 0. The van der Waals surface area contributed by atoms with Gasteiger partial charge in [-0.2, -0.15) is 0 Å². The molecule has 0 aromatic carbocycles. The van der Waals surface area contributed by atoms with Gasteiger partial charge in [0.25, 0.3) is 0 Å². The molecule has 0 aliphatic carbocycles. The third-order valence-electron chi connectivity index (χ3n) is 0. The van der Waals surface area contributed by atoms with Crippen molar-refractivity contribution < 1.29 is 308 Å². The Morgan fingerprint density at radius 2 is 0.0385 bits per heavy atom. The Hall–Kier alpha value is -0.961. The van der Waals surface area contributed by atoms with Crippen molar-refractivity contribution in [1.29, 1.82) is 0 Å². The first-order valence-corrected chi connectivity index (χ1v) is 0. The number of hydrogen-bond donors (Lipinski definition) is 0. The summed E-state index contributed by atoms with van der Waals surface area (Å²) in [6, 6.07) is 0. The maximum absolute atomic E-state index is 0. The zero-order valence-electron chi connectivity index (χ0n) is 25.7. The first-order valence-electron chi connectivity index (χ1n) is 0. The molecule has 0 rings (SSSR count). The van der Waals surface area contributed by atoms with Crippen LogP contribution in [-0.2, 0) is 34.1 Å². The van der Waals surface area contributed by atoms with Crippen LogP contribution < -0.4 is 0 Å². The van der Waals surface area contributed by atoms with E-state index in [0.717, 1.165) is 0 Å². The maximum Gasteiger partial charge on any atom is 0 e. The van der Waals surface area contributed by atoms with Crippen molar-refractivity contribution >= 4 is 0 Å². The molecule has 0 spiro atoms. The average molecular weight is 1010 g/mol. The van der Waals surface area contributed by atoms with E-state index in [1.54, 1.807) is 0 Å². The van der Waals surface area contributed by atoms with Crippen LogP contribution in [0.25, 0.3) is 0 Å². The van der Waals surface area contributed by atoms with Crippen molar-refractivity contribution in [2.75, 3.05) is 0 Å². The first-order chi connectivity index (χ1) is 0. The van der Waals surface area contributed by atoms with Crippen molar-refractivity contribution in [2.45, 2.75) is 0 Å². The molecule has 416 valence electrons. The quantitative estimate of drug-likeness (QED) is 0.204. The van der Waals surface area contributed by atoms with Crippen molar-refractivity contribution in [3.63, 3.8) is 0 Å². The minimum Gasteiger partial charge on any atom is -0.412 e. The van der Waals surface area contributed by atoms with Crippen LogP contribution in [0.3, 0.4) is 0 Å². The molecule has 0 saturated carbocycles. The average Bonchev–Trinajstić information content (AvgIpc) is 0. The normalized spacial score (nSPS) is 0. The first kappa shape index (κ1) is 138000. The summed E-state index contributed by atoms with van der Waals surface area (Å²) in [5.74, 6) is 0. The molecule has 0 atom stereocenters. The Kier molecular flexibility index (Phi) is 347000000. The Labute approximate surface area is 309 Å². The van der Waals surface area contributed by atoms with Crippen molar-refractivity contribution in [3.05, 3.63) is 0 Å². The fraction of sp³-hybridized carbons (Fsp3) is 0. The fourth-order valence-electron chi connectivity index (χ4n) is 0. The molecule has 0 heterocycles. The van der Waals surface area contributed by atoms with Crippen LogP contribution in [-0.4, -0.2) is 274 Å². The zero-order valence-corrected chi connectivity index (χ0v) is 27.9. The predicted octanol–water partition coefficient (Wildman–Crippen LogP) is -41.2. The molecule has 0 saturated heterocycles. The minimum absolute atomic E-state index is 0. The van der Waals surface area contributed by atoms with Crippen molar-refractivity contribution in [1.82, 2.24) is 0 Å². The van der Waals surface area contributed by atoms with Crippen LogP contribution in [0, 0.1) is 0 Å². The van der Waals surface area contributed by atoms with Gasteiger partial charge in [-0.3, -0.25) is 0 Å². The molecule has 52 heteroatoms. The molecular formula is H100Fe2O50. The van der Waals surface area contributed by atoms with E-state index in [-0.39, 0.29) is 308 Å². The zero-order chi connectivity index (χ0) is 0. The standard InChI is InChI=1S/2Fe.50H2O/h;;50*1H2. The van der Waals surface area contributed by atoms with E-state index >= 15 is 0 Å². The third kappa shape index (κ3) is 123000. The molecule has 0 radical (unpaired) electrons. The Morgan fingerprint density at radius 3 is 0.0385 bits per heavy atom. The fourth-order valence-corrected chi connectivity index (χ4v) is 0. The SMILES string of the molecule is O.O.O.O.O.O.O.O.O.O.O.O.O.O.O.O.O.O.O.O.O.O.O.O.O.O.O.O.O.O.O.O.O.O.O.O.O.O.O.O.O.O.O.O.O.O.O.O.O.O.[Fe].[Fe]. The van der Waals surface area contributed by atoms with Gasteiger partial charge in [0.2, 0.25) is 0 Å². The van der Waals surface area contributed by atoms with Crippen LogP contribution >= 0.6 is 0 Å². The van der Waals surface area contributed by atoms with Gasteiger partial charge in [-0.15, -0.1) is 0 Å². The van der Waals surface area contributed by atoms with E-state index in [2.05, 4.69) is 0 Å². The van der Waals surface area contributed by atoms with Crippen LogP contribution in [0.2, 0.25) is 0 Å². The minimum atomic E-state index is 0. The van der Waals surface area contributed by atoms with Crippen LogP contribution in [0.1, 0.15) is 0 Å². The van der Waals surface area contributed by atoms with Crippen LogP contribution in [0.4, 0.5) is 0 Å². The van der Waals surface area contributed by atoms with Crippen LogP contribution in [0.15, 0.2) is 0 Å². The molecule has 0 unspecified atom stereocenters. The van der Waals surface area contributed by atoms with Gasteiger partial charge in [0.05, 0.1) is 0 Å². The number of hydrogen-bond acceptors (Lipinski definition) is 0. The molecule has 0 aliphatic heterocycles. The molecule has 0 fully saturated rings. The van der Waals surface area contributed by atoms with E-state index < -0.39 is 0 Å². The van der Waals surface area contributed by atoms with Gasteiger partial charge in [-0.05, 0) is 0 Å². The summed E-state index contributed by atoms with van der Waals surface area (Å²) in [6.07, 6.45) is 0. The van der Waals surface area contributed by atoms with E-state index in [1.807, 2.05) is 0 Å². The molecule has 0 bridgehead atoms. The topological polar surface area (TPSA) is 1580 Å². The van der Waals surface area contributed by atoms with Gasteiger partial charge in [-0.25, -0.2) is 0 Å². The van der Waals surface area contributed by atoms with E-state index in [1.165, 1.54) is 0 Å². The summed E-state index contributed by atoms with van der Waals surface area (Å²) in [4.78, 5) is 0. The predicted molar refractivity (Wildman–Crippen MR) is 181 cm³/mol. The number of rotatable bonds is 0. The molecule has 100 N–H and O–H groups in total. The molecule has 0 aromatic rings. The molecular weight excluding hydrogens is 912 g/mol. The molecule has 0 amide bonds. The smallest absolute Gasteiger partial charge is 0 e. The van der Waals surface area contributed by atoms with Crippen LogP contribution in [0.5, 0.6) is 0 Å². The van der Waals surface area contributed by atoms with E-state index in [9.17, 15) is 0 Å². The second kappa shape index (κ2) is 130000. The van der Waals surface area contributed by atoms with Gasteiger partial charge in [0.15, 0.2) is 0 Å². The largest absolute Gasteiger partial charge is 0.412 e. The summed E-state index contributed by atoms with van der Waals surface area (Å²) >= 11 is 0. The van der Waals surface area contributed by atoms with Crippen molar-refractivity contribution in [3.8, 4) is 0 Å². The van der Waals surface area contributed by atoms with Gasteiger partial charge in [0, 0.05) is 34.1 Å². The molecule has 52 heavy (non-hydrogen) atoms. The third-order valence-corrected chi connectivity index (χ3v) is 0. The summed E-state index contributed by atoms with van der Waals surface area (Å²) in [5.41, 5.74) is 0. The van der Waals surface area contributed by atoms with Gasteiger partial charge < -0.3 is 274 Å². The van der Waals surface area contributed by atoms with Gasteiger partial charge in [-0.1, -0.05) is 0 Å². The second-order valence-electron chi connectivity index (χ2n) is 0. The van der Waals surface area contributed by atoms with Gasteiger partial charge in [0.1, 0.15) is 0 Å². The second-order valence-corrected chi connectivity index (χ2v) is 0. The van der Waals surface area contributed by atoms with E-state index in [4.69, 9.17) is 0 Å². The monoisotopic (exact) mass is 1010 g/mol. The molecule has 0 aliphatic rings. The van der Waals surface area contributed by atoms with E-state index in [0.29, 0.717) is 0 Å². The summed E-state index contributed by atoms with van der Waals surface area (Å²) in [5, 5.41) is 0. The summed E-state index contributed by atoms with van der Waals surface area (Å²) in [7, 11) is 0.